The Labute approximate surface area is 112 Å². The number of anilines is 2. The summed E-state index contributed by atoms with van der Waals surface area (Å²) in [5.41, 5.74) is 6.34. The maximum absolute atomic E-state index is 10.9. The van der Waals surface area contributed by atoms with Gasteiger partial charge in [-0.15, -0.1) is 0 Å². The Morgan fingerprint density at radius 1 is 1.63 bits per heavy atom. The van der Waals surface area contributed by atoms with Crippen molar-refractivity contribution in [1.29, 1.82) is 0 Å². The third kappa shape index (κ3) is 3.35. The first kappa shape index (κ1) is 13.6. The van der Waals surface area contributed by atoms with Gasteiger partial charge in [-0.1, -0.05) is 6.92 Å². The molecular weight excluding hydrogens is 244 g/mol. The minimum absolute atomic E-state index is 0.0138. The van der Waals surface area contributed by atoms with Gasteiger partial charge in [0.1, 0.15) is 5.82 Å². The van der Waals surface area contributed by atoms with Crippen molar-refractivity contribution >= 4 is 17.5 Å². The van der Waals surface area contributed by atoms with Crippen LogP contribution in [0.3, 0.4) is 0 Å². The second-order valence-electron chi connectivity index (χ2n) is 4.82. The molecule has 0 bridgehead atoms. The number of hydrogen-bond acceptors (Lipinski definition) is 5. The van der Waals surface area contributed by atoms with Crippen LogP contribution in [0, 0.1) is 0 Å². The van der Waals surface area contributed by atoms with E-state index in [0.717, 1.165) is 32.5 Å². The summed E-state index contributed by atoms with van der Waals surface area (Å²) in [6.07, 6.45) is 2.18. The first-order chi connectivity index (χ1) is 9.10. The van der Waals surface area contributed by atoms with E-state index in [1.807, 2.05) is 0 Å². The molecule has 0 spiro atoms. The third-order valence-corrected chi connectivity index (χ3v) is 3.44. The molecule has 1 aromatic heterocycles. The quantitative estimate of drug-likeness (QED) is 0.758. The number of carboxylic acid groups (broad SMARTS) is 1. The largest absolute Gasteiger partial charge is 0.477 e. The number of likely N-dealkylation sites (N-methyl/N-ethyl adjacent to an activating group) is 1. The van der Waals surface area contributed by atoms with Crippen LogP contribution in [0.25, 0.3) is 0 Å². The van der Waals surface area contributed by atoms with E-state index in [1.165, 1.54) is 6.07 Å². The Balaban J connectivity index is 2.09. The first-order valence-corrected chi connectivity index (χ1v) is 6.59. The SMILES string of the molecule is CCN1CCCC(Nc2nc(C(=O)O)ccc2N)C1. The van der Waals surface area contributed by atoms with E-state index in [0.29, 0.717) is 11.5 Å². The highest BCUT2D eigenvalue weighted by atomic mass is 16.4. The molecule has 6 heteroatoms. The number of nitrogens with two attached hydrogens (primary N) is 1. The van der Waals surface area contributed by atoms with Crippen molar-refractivity contribution in [2.75, 3.05) is 30.7 Å². The third-order valence-electron chi connectivity index (χ3n) is 3.44. The van der Waals surface area contributed by atoms with Gasteiger partial charge in [0, 0.05) is 12.6 Å². The van der Waals surface area contributed by atoms with Crippen molar-refractivity contribution in [2.45, 2.75) is 25.8 Å². The molecule has 1 saturated heterocycles. The van der Waals surface area contributed by atoms with Gasteiger partial charge in [-0.05, 0) is 38.1 Å². The number of nitrogens with one attached hydrogen (secondary N) is 1. The van der Waals surface area contributed by atoms with Crippen LogP contribution >= 0.6 is 0 Å². The van der Waals surface area contributed by atoms with Crippen LogP contribution in [0.2, 0.25) is 0 Å². The normalized spacial score (nSPS) is 20.2. The Morgan fingerprint density at radius 3 is 3.11 bits per heavy atom. The molecule has 0 aromatic carbocycles. The number of pyridine rings is 1. The van der Waals surface area contributed by atoms with Crippen molar-refractivity contribution < 1.29 is 9.90 Å². The number of nitrogens with zero attached hydrogens (tertiary/aromatic N) is 2. The minimum atomic E-state index is -1.04. The molecule has 1 unspecified atom stereocenters. The molecule has 6 nitrogen and oxygen atoms in total. The molecular formula is C13H20N4O2. The van der Waals surface area contributed by atoms with Gasteiger partial charge in [-0.3, -0.25) is 0 Å². The van der Waals surface area contributed by atoms with Crippen LogP contribution in [0.1, 0.15) is 30.3 Å². The molecule has 0 saturated carbocycles. The van der Waals surface area contributed by atoms with Gasteiger partial charge in [0.25, 0.3) is 0 Å². The average Bonchev–Trinajstić information content (AvgIpc) is 2.41. The minimum Gasteiger partial charge on any atom is -0.477 e. The van der Waals surface area contributed by atoms with Crippen LogP contribution in [0.4, 0.5) is 11.5 Å². The van der Waals surface area contributed by atoms with Gasteiger partial charge in [-0.25, -0.2) is 9.78 Å². The number of aromatic nitrogens is 1. The highest BCUT2D eigenvalue weighted by Crippen LogP contribution is 2.20. The van der Waals surface area contributed by atoms with Gasteiger partial charge in [0.2, 0.25) is 0 Å². The Bertz CT molecular complexity index is 464. The fourth-order valence-electron chi connectivity index (χ4n) is 2.36. The number of carbonyl (C=O) groups is 1. The monoisotopic (exact) mass is 264 g/mol. The number of hydrogen-bond donors (Lipinski definition) is 3. The highest BCUT2D eigenvalue weighted by molar-refractivity contribution is 5.86. The zero-order chi connectivity index (χ0) is 13.8. The molecule has 2 heterocycles. The molecule has 2 rings (SSSR count). The number of rotatable bonds is 4. The van der Waals surface area contributed by atoms with E-state index in [-0.39, 0.29) is 11.7 Å². The van der Waals surface area contributed by atoms with Gasteiger partial charge in [-0.2, -0.15) is 0 Å². The molecule has 1 atom stereocenters. The van der Waals surface area contributed by atoms with E-state index in [9.17, 15) is 4.79 Å². The van der Waals surface area contributed by atoms with Gasteiger partial charge >= 0.3 is 5.97 Å². The Morgan fingerprint density at radius 2 is 2.42 bits per heavy atom. The molecule has 1 aliphatic rings. The number of likely N-dealkylation sites (tertiary alicyclic amines) is 1. The fourth-order valence-corrected chi connectivity index (χ4v) is 2.36. The zero-order valence-electron chi connectivity index (χ0n) is 11.1. The second-order valence-corrected chi connectivity index (χ2v) is 4.82. The smallest absolute Gasteiger partial charge is 0.354 e. The summed E-state index contributed by atoms with van der Waals surface area (Å²) in [7, 11) is 0. The van der Waals surface area contributed by atoms with E-state index >= 15 is 0 Å². The maximum Gasteiger partial charge on any atom is 0.354 e. The van der Waals surface area contributed by atoms with Crippen LogP contribution < -0.4 is 11.1 Å². The summed E-state index contributed by atoms with van der Waals surface area (Å²) in [6.45, 7) is 5.22. The number of piperidine rings is 1. The van der Waals surface area contributed by atoms with Crippen LogP contribution in [-0.4, -0.2) is 46.6 Å². The predicted octanol–water partition coefficient (Wildman–Crippen LogP) is 1.26. The summed E-state index contributed by atoms with van der Waals surface area (Å²) in [6, 6.07) is 3.27. The van der Waals surface area contributed by atoms with Crippen molar-refractivity contribution in [2.24, 2.45) is 0 Å². The maximum atomic E-state index is 10.9. The number of aromatic carboxylic acids is 1. The van der Waals surface area contributed by atoms with E-state index in [4.69, 9.17) is 10.8 Å². The van der Waals surface area contributed by atoms with Crippen molar-refractivity contribution in [3.8, 4) is 0 Å². The zero-order valence-corrected chi connectivity index (χ0v) is 11.1. The lowest BCUT2D eigenvalue weighted by Gasteiger charge is -2.32. The average molecular weight is 264 g/mol. The molecule has 0 amide bonds. The second kappa shape index (κ2) is 5.88. The summed E-state index contributed by atoms with van der Waals surface area (Å²) in [4.78, 5) is 17.3. The van der Waals surface area contributed by atoms with Gasteiger partial charge in [0.05, 0.1) is 5.69 Å². The predicted molar refractivity (Wildman–Crippen MR) is 74.4 cm³/mol. The molecule has 1 fully saturated rings. The highest BCUT2D eigenvalue weighted by Gasteiger charge is 2.20. The molecule has 104 valence electrons. The first-order valence-electron chi connectivity index (χ1n) is 6.59. The van der Waals surface area contributed by atoms with Gasteiger partial charge < -0.3 is 21.1 Å². The molecule has 0 aliphatic carbocycles. The lowest BCUT2D eigenvalue weighted by atomic mass is 10.1. The summed E-state index contributed by atoms with van der Waals surface area (Å²) < 4.78 is 0. The summed E-state index contributed by atoms with van der Waals surface area (Å²) >= 11 is 0. The Kier molecular flexibility index (Phi) is 4.21. The molecule has 1 aromatic rings. The standard InChI is InChI=1S/C13H20N4O2/c1-2-17-7-3-4-9(8-17)15-12-10(14)5-6-11(16-12)13(18)19/h5-6,9H,2-4,7-8,14H2,1H3,(H,15,16)(H,18,19). The molecule has 19 heavy (non-hydrogen) atoms. The lowest BCUT2D eigenvalue weighted by Crippen LogP contribution is -2.42. The topological polar surface area (TPSA) is 91.5 Å². The van der Waals surface area contributed by atoms with Crippen LogP contribution in [-0.2, 0) is 0 Å². The van der Waals surface area contributed by atoms with Crippen molar-refractivity contribution in [3.63, 3.8) is 0 Å². The van der Waals surface area contributed by atoms with E-state index in [1.54, 1.807) is 6.07 Å². The lowest BCUT2D eigenvalue weighted by molar-refractivity contribution is 0.0690. The summed E-state index contributed by atoms with van der Waals surface area (Å²) in [5.74, 6) is -0.565. The molecule has 4 N–H and O–H groups in total. The van der Waals surface area contributed by atoms with Crippen molar-refractivity contribution in [1.82, 2.24) is 9.88 Å². The van der Waals surface area contributed by atoms with E-state index < -0.39 is 5.97 Å². The fraction of sp³-hybridized carbons (Fsp3) is 0.538. The summed E-state index contributed by atoms with van der Waals surface area (Å²) in [5, 5.41) is 12.2. The molecule has 0 radical (unpaired) electrons. The Hall–Kier alpha value is -1.82. The number of nitrogen functional groups attached to an aromatic ring is 1. The van der Waals surface area contributed by atoms with Crippen LogP contribution in [0.15, 0.2) is 12.1 Å². The molecule has 1 aliphatic heterocycles. The van der Waals surface area contributed by atoms with Crippen LogP contribution in [0.5, 0.6) is 0 Å². The van der Waals surface area contributed by atoms with E-state index in [2.05, 4.69) is 22.1 Å². The number of carboxylic acids is 1. The van der Waals surface area contributed by atoms with Crippen molar-refractivity contribution in [3.05, 3.63) is 17.8 Å². The van der Waals surface area contributed by atoms with Gasteiger partial charge in [0.15, 0.2) is 5.69 Å².